The van der Waals surface area contributed by atoms with Gasteiger partial charge in [-0.1, -0.05) is 30.3 Å². The van der Waals surface area contributed by atoms with Gasteiger partial charge in [0.05, 0.1) is 0 Å². The number of benzene rings is 2. The van der Waals surface area contributed by atoms with E-state index >= 15 is 0 Å². The Balaban J connectivity index is 1.26. The molecule has 4 rings (SSSR count). The van der Waals surface area contributed by atoms with Crippen molar-refractivity contribution in [3.8, 4) is 5.75 Å². The van der Waals surface area contributed by atoms with Crippen LogP contribution in [0.4, 0.5) is 4.79 Å². The summed E-state index contributed by atoms with van der Waals surface area (Å²) in [7, 11) is 0. The molecular formula is C21H23N3O3. The fourth-order valence-electron chi connectivity index (χ4n) is 3.57. The predicted octanol–water partition coefficient (Wildman–Crippen LogP) is 2.42. The van der Waals surface area contributed by atoms with E-state index in [9.17, 15) is 14.7 Å². The minimum atomic E-state index is -0.0682. The van der Waals surface area contributed by atoms with Crippen molar-refractivity contribution in [1.29, 1.82) is 0 Å². The van der Waals surface area contributed by atoms with Crippen molar-refractivity contribution in [2.24, 2.45) is 0 Å². The number of nitrogens with zero attached hydrogens (tertiary/aromatic N) is 2. The second-order valence-corrected chi connectivity index (χ2v) is 7.13. The summed E-state index contributed by atoms with van der Waals surface area (Å²) in [4.78, 5) is 28.5. The first-order valence-electron chi connectivity index (χ1n) is 9.30. The van der Waals surface area contributed by atoms with Crippen LogP contribution < -0.4 is 5.32 Å². The highest BCUT2D eigenvalue weighted by Crippen LogP contribution is 2.40. The molecule has 1 saturated carbocycles. The molecule has 2 aromatic carbocycles. The first kappa shape index (κ1) is 17.4. The van der Waals surface area contributed by atoms with Gasteiger partial charge < -0.3 is 20.2 Å². The molecule has 140 valence electrons. The van der Waals surface area contributed by atoms with E-state index in [2.05, 4.69) is 17.4 Å². The number of hydrogen-bond acceptors (Lipinski definition) is 3. The number of nitrogens with one attached hydrogen (secondary N) is 1. The van der Waals surface area contributed by atoms with Gasteiger partial charge >= 0.3 is 6.03 Å². The molecule has 0 unspecified atom stereocenters. The van der Waals surface area contributed by atoms with Crippen molar-refractivity contribution < 1.29 is 14.7 Å². The lowest BCUT2D eigenvalue weighted by Crippen LogP contribution is -2.53. The van der Waals surface area contributed by atoms with E-state index in [4.69, 9.17) is 0 Å². The van der Waals surface area contributed by atoms with E-state index in [0.29, 0.717) is 37.7 Å². The van der Waals surface area contributed by atoms with Crippen LogP contribution in [0.5, 0.6) is 5.75 Å². The summed E-state index contributed by atoms with van der Waals surface area (Å²) in [6.07, 6.45) is 0.981. The highest BCUT2D eigenvalue weighted by molar-refractivity contribution is 5.94. The number of amides is 3. The molecule has 27 heavy (non-hydrogen) atoms. The molecular weight excluding hydrogens is 342 g/mol. The van der Waals surface area contributed by atoms with Gasteiger partial charge in [-0.05, 0) is 36.2 Å². The SMILES string of the molecule is O=C(N[C@H]1C[C@@H]1c1ccccc1)N1CCN(C(=O)c2ccc(O)cc2)CC1. The van der Waals surface area contributed by atoms with Crippen LogP contribution in [0.1, 0.15) is 28.3 Å². The summed E-state index contributed by atoms with van der Waals surface area (Å²) in [5, 5.41) is 12.4. The van der Waals surface area contributed by atoms with Gasteiger partial charge in [0.15, 0.2) is 0 Å². The molecule has 2 aliphatic rings. The molecule has 6 nitrogen and oxygen atoms in total. The van der Waals surface area contributed by atoms with E-state index < -0.39 is 0 Å². The largest absolute Gasteiger partial charge is 0.508 e. The van der Waals surface area contributed by atoms with Crippen molar-refractivity contribution >= 4 is 11.9 Å². The fraction of sp³-hybridized carbons (Fsp3) is 0.333. The van der Waals surface area contributed by atoms with Gasteiger partial charge in [0.2, 0.25) is 0 Å². The van der Waals surface area contributed by atoms with Crippen LogP contribution in [0, 0.1) is 0 Å². The van der Waals surface area contributed by atoms with E-state index in [1.54, 1.807) is 21.9 Å². The molecule has 6 heteroatoms. The van der Waals surface area contributed by atoms with Crippen LogP contribution in [0.3, 0.4) is 0 Å². The molecule has 1 aliphatic heterocycles. The van der Waals surface area contributed by atoms with Crippen molar-refractivity contribution in [2.75, 3.05) is 26.2 Å². The molecule has 2 fully saturated rings. The molecule has 2 atom stereocenters. The number of phenolic OH excluding ortho intramolecular Hbond substituents is 1. The number of hydrogen-bond donors (Lipinski definition) is 2. The van der Waals surface area contributed by atoms with Crippen molar-refractivity contribution in [2.45, 2.75) is 18.4 Å². The van der Waals surface area contributed by atoms with Gasteiger partial charge in [-0.15, -0.1) is 0 Å². The monoisotopic (exact) mass is 365 g/mol. The number of urea groups is 1. The Morgan fingerprint density at radius 1 is 0.889 bits per heavy atom. The zero-order valence-electron chi connectivity index (χ0n) is 15.0. The van der Waals surface area contributed by atoms with Gasteiger partial charge in [0, 0.05) is 43.7 Å². The number of phenols is 1. The molecule has 1 saturated heterocycles. The van der Waals surface area contributed by atoms with Crippen LogP contribution in [-0.4, -0.2) is 59.1 Å². The minimum absolute atomic E-state index is 0.0461. The molecule has 1 aliphatic carbocycles. The standard InChI is InChI=1S/C21H23N3O3/c25-17-8-6-16(7-9-17)20(26)23-10-12-24(13-11-23)21(27)22-19-14-18(19)15-4-2-1-3-5-15/h1-9,18-19,25H,10-14H2,(H,22,27)/t18-,19+/m1/s1. The zero-order valence-corrected chi connectivity index (χ0v) is 15.0. The van der Waals surface area contributed by atoms with Gasteiger partial charge in [0.25, 0.3) is 5.91 Å². The average molecular weight is 365 g/mol. The highest BCUT2D eigenvalue weighted by atomic mass is 16.3. The van der Waals surface area contributed by atoms with Gasteiger partial charge in [-0.25, -0.2) is 4.79 Å². The summed E-state index contributed by atoms with van der Waals surface area (Å²) in [6, 6.07) is 16.7. The number of aromatic hydroxyl groups is 1. The Hall–Kier alpha value is -3.02. The summed E-state index contributed by atoms with van der Waals surface area (Å²) >= 11 is 0. The number of rotatable bonds is 3. The maximum absolute atomic E-state index is 12.5. The molecule has 0 radical (unpaired) electrons. The molecule has 0 spiro atoms. The predicted molar refractivity (Wildman–Crippen MR) is 102 cm³/mol. The second kappa shape index (κ2) is 7.31. The summed E-state index contributed by atoms with van der Waals surface area (Å²) < 4.78 is 0. The molecule has 2 N–H and O–H groups in total. The number of piperazine rings is 1. The maximum atomic E-state index is 12.5. The Morgan fingerprint density at radius 2 is 1.52 bits per heavy atom. The average Bonchev–Trinajstić information content (AvgIpc) is 3.48. The normalized spacial score (nSPS) is 21.6. The summed E-state index contributed by atoms with van der Waals surface area (Å²) in [5.74, 6) is 0.482. The second-order valence-electron chi connectivity index (χ2n) is 7.13. The third-order valence-corrected chi connectivity index (χ3v) is 5.30. The highest BCUT2D eigenvalue weighted by Gasteiger charge is 2.40. The van der Waals surface area contributed by atoms with Crippen LogP contribution in [-0.2, 0) is 0 Å². The lowest BCUT2D eigenvalue weighted by molar-refractivity contribution is 0.0664. The lowest BCUT2D eigenvalue weighted by atomic mass is 10.1. The van der Waals surface area contributed by atoms with E-state index in [1.807, 2.05) is 18.2 Å². The van der Waals surface area contributed by atoms with E-state index in [1.165, 1.54) is 17.7 Å². The molecule has 2 aromatic rings. The third-order valence-electron chi connectivity index (χ3n) is 5.30. The van der Waals surface area contributed by atoms with Crippen molar-refractivity contribution in [3.63, 3.8) is 0 Å². The smallest absolute Gasteiger partial charge is 0.317 e. The quantitative estimate of drug-likeness (QED) is 0.877. The Labute approximate surface area is 158 Å². The molecule has 3 amide bonds. The van der Waals surface area contributed by atoms with Crippen LogP contribution in [0.15, 0.2) is 54.6 Å². The topological polar surface area (TPSA) is 72.9 Å². The number of carbonyl (C=O) groups excluding carboxylic acids is 2. The molecule has 0 bridgehead atoms. The first-order chi connectivity index (χ1) is 13.1. The zero-order chi connectivity index (χ0) is 18.8. The van der Waals surface area contributed by atoms with Crippen molar-refractivity contribution in [3.05, 3.63) is 65.7 Å². The van der Waals surface area contributed by atoms with Crippen LogP contribution in [0.25, 0.3) is 0 Å². The molecule has 1 heterocycles. The van der Waals surface area contributed by atoms with E-state index in [0.717, 1.165) is 6.42 Å². The Morgan fingerprint density at radius 3 is 2.19 bits per heavy atom. The fourth-order valence-corrected chi connectivity index (χ4v) is 3.57. The van der Waals surface area contributed by atoms with Gasteiger partial charge in [0.1, 0.15) is 5.75 Å². The van der Waals surface area contributed by atoms with Crippen molar-refractivity contribution in [1.82, 2.24) is 15.1 Å². The number of carbonyl (C=O) groups is 2. The van der Waals surface area contributed by atoms with E-state index in [-0.39, 0.29) is 23.7 Å². The van der Waals surface area contributed by atoms with Crippen LogP contribution >= 0.6 is 0 Å². The summed E-state index contributed by atoms with van der Waals surface area (Å²) in [6.45, 7) is 2.08. The van der Waals surface area contributed by atoms with Gasteiger partial charge in [-0.2, -0.15) is 0 Å². The minimum Gasteiger partial charge on any atom is -0.508 e. The Kier molecular flexibility index (Phi) is 4.71. The van der Waals surface area contributed by atoms with Gasteiger partial charge in [-0.3, -0.25) is 4.79 Å². The first-order valence-corrected chi connectivity index (χ1v) is 9.30. The third kappa shape index (κ3) is 3.89. The lowest BCUT2D eigenvalue weighted by Gasteiger charge is -2.34. The maximum Gasteiger partial charge on any atom is 0.317 e. The molecule has 0 aromatic heterocycles. The van der Waals surface area contributed by atoms with Crippen LogP contribution in [0.2, 0.25) is 0 Å². The Bertz CT molecular complexity index is 814. The summed E-state index contributed by atoms with van der Waals surface area (Å²) in [5.41, 5.74) is 1.82.